The molecule has 28 heavy (non-hydrogen) atoms. The van der Waals surface area contributed by atoms with Crippen LogP contribution in [-0.2, 0) is 23.8 Å². The minimum Gasteiger partial charge on any atom is -0.436 e. The Bertz CT molecular complexity index is 600. The van der Waals surface area contributed by atoms with Crippen molar-refractivity contribution in [2.75, 3.05) is 39.5 Å². The Hall–Kier alpha value is -1.67. The summed E-state index contributed by atoms with van der Waals surface area (Å²) in [6.45, 7) is 2.47. The van der Waals surface area contributed by atoms with Crippen molar-refractivity contribution >= 4 is 17.8 Å². The van der Waals surface area contributed by atoms with Crippen molar-refractivity contribution < 1.29 is 28.6 Å². The third kappa shape index (κ3) is 4.17. The lowest BCUT2D eigenvalue weighted by atomic mass is 9.85. The first-order valence-electron chi connectivity index (χ1n) is 10.6. The molecule has 0 aromatic carbocycles. The molecule has 3 saturated heterocycles. The zero-order valence-electron chi connectivity index (χ0n) is 16.3. The number of rotatable bonds is 4. The van der Waals surface area contributed by atoms with Gasteiger partial charge in [-0.25, -0.2) is 4.79 Å². The summed E-state index contributed by atoms with van der Waals surface area (Å²) in [5.41, 5.74) is 0. The van der Waals surface area contributed by atoms with Crippen molar-refractivity contribution in [3.63, 3.8) is 0 Å². The monoisotopic (exact) mass is 394 g/mol. The van der Waals surface area contributed by atoms with Gasteiger partial charge in [-0.3, -0.25) is 9.59 Å². The van der Waals surface area contributed by atoms with Crippen LogP contribution in [-0.4, -0.2) is 85.3 Å². The molecule has 8 nitrogen and oxygen atoms in total. The highest BCUT2D eigenvalue weighted by Crippen LogP contribution is 2.32. The zero-order chi connectivity index (χ0) is 19.5. The highest BCUT2D eigenvalue weighted by Gasteiger charge is 2.48. The fraction of sp³-hybridized carbons (Fsp3) is 0.850. The van der Waals surface area contributed by atoms with E-state index in [0.29, 0.717) is 51.6 Å². The molecule has 3 unspecified atom stereocenters. The summed E-state index contributed by atoms with van der Waals surface area (Å²) in [6, 6.07) is -0.511. The van der Waals surface area contributed by atoms with Gasteiger partial charge in [-0.2, -0.15) is 0 Å². The zero-order valence-corrected chi connectivity index (χ0v) is 16.3. The second-order valence-corrected chi connectivity index (χ2v) is 8.29. The first kappa shape index (κ1) is 19.6. The lowest BCUT2D eigenvalue weighted by Crippen LogP contribution is -2.50. The number of Topliss-reactive ketones (excluding diaryl/α,β-unsaturated/α-hetero) is 1. The van der Waals surface area contributed by atoms with Gasteiger partial charge in [-0.05, 0) is 18.8 Å². The molecule has 0 bridgehead atoms. The van der Waals surface area contributed by atoms with E-state index < -0.39 is 18.2 Å². The predicted molar refractivity (Wildman–Crippen MR) is 98.7 cm³/mol. The molecule has 0 aromatic heterocycles. The van der Waals surface area contributed by atoms with E-state index in [-0.39, 0.29) is 24.4 Å². The fourth-order valence-corrected chi connectivity index (χ4v) is 4.89. The fourth-order valence-electron chi connectivity index (χ4n) is 4.89. The number of morpholine rings is 1. The molecule has 0 aromatic rings. The minimum atomic E-state index is -0.828. The van der Waals surface area contributed by atoms with Crippen LogP contribution in [0.5, 0.6) is 0 Å². The van der Waals surface area contributed by atoms with Crippen molar-refractivity contribution in [2.45, 2.75) is 63.2 Å². The topological polar surface area (TPSA) is 85.4 Å². The van der Waals surface area contributed by atoms with Gasteiger partial charge in [0.25, 0.3) is 5.91 Å². The summed E-state index contributed by atoms with van der Waals surface area (Å²) < 4.78 is 16.5. The van der Waals surface area contributed by atoms with Crippen LogP contribution in [0.1, 0.15) is 44.9 Å². The highest BCUT2D eigenvalue weighted by molar-refractivity contribution is 5.94. The van der Waals surface area contributed by atoms with Gasteiger partial charge < -0.3 is 24.0 Å². The van der Waals surface area contributed by atoms with Crippen LogP contribution in [0.4, 0.5) is 4.79 Å². The second-order valence-electron chi connectivity index (χ2n) is 8.29. The average molecular weight is 394 g/mol. The molecule has 4 aliphatic rings. The number of likely N-dealkylation sites (tertiary alicyclic amines) is 1. The smallest absolute Gasteiger partial charge is 0.410 e. The van der Waals surface area contributed by atoms with Gasteiger partial charge in [-0.15, -0.1) is 0 Å². The molecule has 0 N–H and O–H groups in total. The SMILES string of the molecule is O=C1COC2CCN(C(=O)C(CC3CCCCC3)OC(=O)N3CCOCC3)C12. The maximum atomic E-state index is 13.3. The van der Waals surface area contributed by atoms with Gasteiger partial charge in [0.15, 0.2) is 11.9 Å². The number of carbonyl (C=O) groups is 3. The van der Waals surface area contributed by atoms with Crippen molar-refractivity contribution in [1.82, 2.24) is 9.80 Å². The Morgan fingerprint density at radius 1 is 1.07 bits per heavy atom. The molecule has 8 heteroatoms. The van der Waals surface area contributed by atoms with E-state index in [4.69, 9.17) is 14.2 Å². The third-order valence-corrected chi connectivity index (χ3v) is 6.46. The van der Waals surface area contributed by atoms with Crippen LogP contribution >= 0.6 is 0 Å². The molecule has 2 amide bonds. The number of fused-ring (bicyclic) bond motifs is 1. The van der Waals surface area contributed by atoms with Gasteiger partial charge in [0.05, 0.1) is 19.3 Å². The molecule has 1 aliphatic carbocycles. The number of hydrogen-bond acceptors (Lipinski definition) is 6. The van der Waals surface area contributed by atoms with E-state index in [0.717, 1.165) is 25.7 Å². The molecular weight excluding hydrogens is 364 g/mol. The van der Waals surface area contributed by atoms with E-state index in [1.165, 1.54) is 6.42 Å². The quantitative estimate of drug-likeness (QED) is 0.716. The van der Waals surface area contributed by atoms with Gasteiger partial charge in [0.2, 0.25) is 0 Å². The van der Waals surface area contributed by atoms with Crippen LogP contribution in [0.3, 0.4) is 0 Å². The van der Waals surface area contributed by atoms with Gasteiger partial charge in [0, 0.05) is 19.6 Å². The van der Waals surface area contributed by atoms with Gasteiger partial charge in [-0.1, -0.05) is 32.1 Å². The van der Waals surface area contributed by atoms with Crippen molar-refractivity contribution in [3.8, 4) is 0 Å². The molecule has 4 rings (SSSR count). The van der Waals surface area contributed by atoms with Crippen LogP contribution in [0.15, 0.2) is 0 Å². The normalized spacial score (nSPS) is 29.6. The van der Waals surface area contributed by atoms with Crippen LogP contribution in [0, 0.1) is 5.92 Å². The van der Waals surface area contributed by atoms with E-state index in [1.807, 2.05) is 0 Å². The Kier molecular flexibility index (Phi) is 6.16. The summed E-state index contributed by atoms with van der Waals surface area (Å²) in [6.07, 6.45) is 5.38. The summed E-state index contributed by atoms with van der Waals surface area (Å²) in [7, 11) is 0. The maximum absolute atomic E-state index is 13.3. The molecule has 3 aliphatic heterocycles. The first-order chi connectivity index (χ1) is 13.6. The average Bonchev–Trinajstić information content (AvgIpc) is 3.31. The number of nitrogens with zero attached hydrogens (tertiary/aromatic N) is 2. The molecular formula is C20H30N2O6. The second kappa shape index (κ2) is 8.78. The summed E-state index contributed by atoms with van der Waals surface area (Å²) in [4.78, 5) is 41.4. The molecule has 1 saturated carbocycles. The van der Waals surface area contributed by atoms with Crippen molar-refractivity contribution in [3.05, 3.63) is 0 Å². The maximum Gasteiger partial charge on any atom is 0.410 e. The largest absolute Gasteiger partial charge is 0.436 e. The molecule has 156 valence electrons. The minimum absolute atomic E-state index is 0.0493. The van der Waals surface area contributed by atoms with E-state index in [9.17, 15) is 14.4 Å². The molecule has 0 radical (unpaired) electrons. The summed E-state index contributed by atoms with van der Waals surface area (Å²) in [5.74, 6) is 0.0967. The molecule has 3 atom stereocenters. The predicted octanol–water partition coefficient (Wildman–Crippen LogP) is 1.36. The van der Waals surface area contributed by atoms with Crippen LogP contribution in [0.25, 0.3) is 0 Å². The number of hydrogen-bond donors (Lipinski definition) is 0. The highest BCUT2D eigenvalue weighted by atomic mass is 16.6. The third-order valence-electron chi connectivity index (χ3n) is 6.46. The molecule has 4 fully saturated rings. The van der Waals surface area contributed by atoms with Crippen molar-refractivity contribution in [1.29, 1.82) is 0 Å². The van der Waals surface area contributed by atoms with E-state index in [1.54, 1.807) is 9.80 Å². The number of carbonyl (C=O) groups excluding carboxylic acids is 3. The first-order valence-corrected chi connectivity index (χ1v) is 10.6. The van der Waals surface area contributed by atoms with Crippen LogP contribution < -0.4 is 0 Å². The standard InChI is InChI=1S/C20H30N2O6/c23-15-13-27-16-6-7-22(18(15)16)19(24)17(12-14-4-2-1-3-5-14)28-20(25)21-8-10-26-11-9-21/h14,16-18H,1-13H2. The Morgan fingerprint density at radius 2 is 1.82 bits per heavy atom. The molecule has 0 spiro atoms. The Morgan fingerprint density at radius 3 is 2.57 bits per heavy atom. The summed E-state index contributed by atoms with van der Waals surface area (Å²) >= 11 is 0. The van der Waals surface area contributed by atoms with Crippen LogP contribution in [0.2, 0.25) is 0 Å². The van der Waals surface area contributed by atoms with Crippen molar-refractivity contribution in [2.24, 2.45) is 5.92 Å². The lowest BCUT2D eigenvalue weighted by Gasteiger charge is -2.32. The summed E-state index contributed by atoms with van der Waals surface area (Å²) in [5, 5.41) is 0. The van der Waals surface area contributed by atoms with E-state index >= 15 is 0 Å². The number of ketones is 1. The van der Waals surface area contributed by atoms with E-state index in [2.05, 4.69) is 0 Å². The lowest BCUT2D eigenvalue weighted by molar-refractivity contribution is -0.145. The number of amides is 2. The number of ether oxygens (including phenoxy) is 3. The Balaban J connectivity index is 1.45. The Labute approximate surface area is 165 Å². The molecule has 3 heterocycles. The van der Waals surface area contributed by atoms with Gasteiger partial charge in [0.1, 0.15) is 12.6 Å². The van der Waals surface area contributed by atoms with Gasteiger partial charge >= 0.3 is 6.09 Å².